The molecule has 0 aromatic carbocycles. The van der Waals surface area contributed by atoms with Crippen LogP contribution in [0.1, 0.15) is 297 Å². The lowest BCUT2D eigenvalue weighted by atomic mass is 10.0. The highest BCUT2D eigenvalue weighted by Crippen LogP contribution is 2.16. The van der Waals surface area contributed by atoms with Gasteiger partial charge in [0.25, 0.3) is 0 Å². The molecule has 0 heterocycles. The lowest BCUT2D eigenvalue weighted by molar-refractivity contribution is -0.167. The SMILES string of the molecule is CCCCCCC/C=C\CCCCCCCC(=O)OC(COC(=O)CCCCCCCCCCCCCCC)COC(=O)CCCCCCCCCCCCCCCCC. The van der Waals surface area contributed by atoms with Gasteiger partial charge in [-0.15, -0.1) is 0 Å². The van der Waals surface area contributed by atoms with E-state index < -0.39 is 6.10 Å². The summed E-state index contributed by atoms with van der Waals surface area (Å²) in [6.45, 7) is 6.66. The molecule has 0 amide bonds. The number of ether oxygens (including phenoxy) is 3. The van der Waals surface area contributed by atoms with E-state index in [1.54, 1.807) is 0 Å². The van der Waals surface area contributed by atoms with Crippen molar-refractivity contribution in [2.24, 2.45) is 0 Å². The molecule has 1 atom stereocenters. The predicted octanol–water partition coefficient (Wildman–Crippen LogP) is 17.4. The van der Waals surface area contributed by atoms with Gasteiger partial charge in [-0.2, -0.15) is 0 Å². The molecule has 0 bridgehead atoms. The van der Waals surface area contributed by atoms with Crippen LogP contribution < -0.4 is 0 Å². The minimum atomic E-state index is -0.767. The molecule has 0 saturated heterocycles. The van der Waals surface area contributed by atoms with Crippen molar-refractivity contribution < 1.29 is 28.6 Å². The lowest BCUT2D eigenvalue weighted by Gasteiger charge is -2.18. The highest BCUT2D eigenvalue weighted by atomic mass is 16.6. The molecule has 60 heavy (non-hydrogen) atoms. The van der Waals surface area contributed by atoms with Crippen molar-refractivity contribution in [3.8, 4) is 0 Å². The Labute approximate surface area is 373 Å². The van der Waals surface area contributed by atoms with E-state index in [1.807, 2.05) is 0 Å². The maximum absolute atomic E-state index is 12.8. The Morgan fingerprint density at radius 1 is 0.317 bits per heavy atom. The van der Waals surface area contributed by atoms with Crippen molar-refractivity contribution in [2.45, 2.75) is 303 Å². The summed E-state index contributed by atoms with van der Waals surface area (Å²) in [6, 6.07) is 0. The van der Waals surface area contributed by atoms with Gasteiger partial charge in [0.05, 0.1) is 0 Å². The summed E-state index contributed by atoms with van der Waals surface area (Å²) in [6.07, 6.45) is 54.7. The summed E-state index contributed by atoms with van der Waals surface area (Å²) in [4.78, 5) is 38.0. The van der Waals surface area contributed by atoms with Crippen molar-refractivity contribution in [3.63, 3.8) is 0 Å². The van der Waals surface area contributed by atoms with E-state index in [0.29, 0.717) is 19.3 Å². The molecule has 0 aromatic heterocycles. The third-order valence-corrected chi connectivity index (χ3v) is 12.0. The molecule has 0 aliphatic heterocycles. The quantitative estimate of drug-likeness (QED) is 0.0263. The average Bonchev–Trinajstić information content (AvgIpc) is 3.24. The monoisotopic (exact) mass is 847 g/mol. The number of hydrogen-bond acceptors (Lipinski definition) is 6. The van der Waals surface area contributed by atoms with E-state index >= 15 is 0 Å². The normalized spacial score (nSPS) is 12.0. The zero-order valence-electron chi connectivity index (χ0n) is 40.5. The topological polar surface area (TPSA) is 78.9 Å². The Morgan fingerprint density at radius 3 is 0.833 bits per heavy atom. The summed E-state index contributed by atoms with van der Waals surface area (Å²) in [5.41, 5.74) is 0. The van der Waals surface area contributed by atoms with Crippen LogP contribution in [0.25, 0.3) is 0 Å². The van der Waals surface area contributed by atoms with Gasteiger partial charge in [-0.3, -0.25) is 14.4 Å². The van der Waals surface area contributed by atoms with Gasteiger partial charge in [0, 0.05) is 19.3 Å². The fourth-order valence-corrected chi connectivity index (χ4v) is 7.97. The number of allylic oxidation sites excluding steroid dienone is 2. The fraction of sp³-hybridized carbons (Fsp3) is 0.907. The third-order valence-electron chi connectivity index (χ3n) is 12.0. The number of unbranched alkanes of at least 4 members (excludes halogenated alkanes) is 36. The number of rotatable bonds is 49. The third kappa shape index (κ3) is 47.2. The van der Waals surface area contributed by atoms with E-state index in [1.165, 1.54) is 193 Å². The summed E-state index contributed by atoms with van der Waals surface area (Å²) in [5, 5.41) is 0. The Balaban J connectivity index is 4.33. The van der Waals surface area contributed by atoms with Crippen molar-refractivity contribution in [1.82, 2.24) is 0 Å². The van der Waals surface area contributed by atoms with Gasteiger partial charge in [-0.25, -0.2) is 0 Å². The van der Waals surface area contributed by atoms with Gasteiger partial charge in [-0.1, -0.05) is 245 Å². The van der Waals surface area contributed by atoms with Crippen LogP contribution in [0.3, 0.4) is 0 Å². The number of hydrogen-bond donors (Lipinski definition) is 0. The van der Waals surface area contributed by atoms with E-state index in [-0.39, 0.29) is 31.1 Å². The first-order valence-electron chi connectivity index (χ1n) is 26.7. The molecule has 354 valence electrons. The molecule has 0 rings (SSSR count). The van der Waals surface area contributed by atoms with Crippen LogP contribution in [0.2, 0.25) is 0 Å². The molecular weight excluding hydrogens is 745 g/mol. The van der Waals surface area contributed by atoms with Gasteiger partial charge in [0.1, 0.15) is 13.2 Å². The maximum Gasteiger partial charge on any atom is 0.306 e. The minimum absolute atomic E-state index is 0.0679. The van der Waals surface area contributed by atoms with Crippen LogP contribution in [-0.4, -0.2) is 37.2 Å². The Bertz CT molecular complexity index is 931. The van der Waals surface area contributed by atoms with Crippen molar-refractivity contribution in [2.75, 3.05) is 13.2 Å². The summed E-state index contributed by atoms with van der Waals surface area (Å²) in [5.74, 6) is -0.858. The highest BCUT2D eigenvalue weighted by Gasteiger charge is 2.19. The number of carbonyl (C=O) groups is 3. The largest absolute Gasteiger partial charge is 0.462 e. The minimum Gasteiger partial charge on any atom is -0.462 e. The molecule has 0 aliphatic carbocycles. The second-order valence-corrected chi connectivity index (χ2v) is 18.2. The van der Waals surface area contributed by atoms with E-state index in [2.05, 4.69) is 32.9 Å². The lowest BCUT2D eigenvalue weighted by Crippen LogP contribution is -2.30. The van der Waals surface area contributed by atoms with Crippen LogP contribution in [0.4, 0.5) is 0 Å². The van der Waals surface area contributed by atoms with Crippen LogP contribution in [0.15, 0.2) is 12.2 Å². The fourth-order valence-electron chi connectivity index (χ4n) is 7.97. The molecule has 0 spiro atoms. The van der Waals surface area contributed by atoms with Gasteiger partial charge >= 0.3 is 17.9 Å². The van der Waals surface area contributed by atoms with Gasteiger partial charge < -0.3 is 14.2 Å². The van der Waals surface area contributed by atoms with E-state index in [9.17, 15) is 14.4 Å². The second kappa shape index (κ2) is 49.8. The van der Waals surface area contributed by atoms with Crippen LogP contribution in [0, 0.1) is 0 Å². The van der Waals surface area contributed by atoms with Crippen molar-refractivity contribution in [1.29, 1.82) is 0 Å². The van der Waals surface area contributed by atoms with E-state index in [4.69, 9.17) is 14.2 Å². The van der Waals surface area contributed by atoms with E-state index in [0.717, 1.165) is 64.2 Å². The number of esters is 3. The maximum atomic E-state index is 12.8. The molecule has 0 saturated carbocycles. The first kappa shape index (κ1) is 58.1. The Morgan fingerprint density at radius 2 is 0.550 bits per heavy atom. The zero-order valence-corrected chi connectivity index (χ0v) is 40.5. The summed E-state index contributed by atoms with van der Waals surface area (Å²) < 4.78 is 16.8. The van der Waals surface area contributed by atoms with Gasteiger partial charge in [-0.05, 0) is 44.9 Å². The highest BCUT2D eigenvalue weighted by molar-refractivity contribution is 5.71. The first-order chi connectivity index (χ1) is 29.5. The molecule has 0 radical (unpaired) electrons. The smallest absolute Gasteiger partial charge is 0.306 e. The van der Waals surface area contributed by atoms with Crippen LogP contribution in [-0.2, 0) is 28.6 Å². The van der Waals surface area contributed by atoms with Crippen molar-refractivity contribution >= 4 is 17.9 Å². The van der Waals surface area contributed by atoms with Gasteiger partial charge in [0.2, 0.25) is 0 Å². The Kier molecular flexibility index (Phi) is 48.3. The summed E-state index contributed by atoms with van der Waals surface area (Å²) >= 11 is 0. The molecule has 6 heteroatoms. The van der Waals surface area contributed by atoms with Gasteiger partial charge in [0.15, 0.2) is 6.10 Å². The molecule has 0 N–H and O–H groups in total. The molecule has 1 unspecified atom stereocenters. The molecule has 0 aromatic rings. The first-order valence-corrected chi connectivity index (χ1v) is 26.7. The molecule has 0 fully saturated rings. The standard InChI is InChI=1S/C54H102O6/c1-4-7-10-13-16-19-22-25-27-30-32-35-38-41-44-47-53(56)59-50-51(49-58-52(55)46-43-40-37-34-31-28-24-21-18-15-12-9-6-3)60-54(57)48-45-42-39-36-33-29-26-23-20-17-14-11-8-5-2/h23,26,51H,4-22,24-25,27-50H2,1-3H3/b26-23-. The van der Waals surface area contributed by atoms with Crippen molar-refractivity contribution in [3.05, 3.63) is 12.2 Å². The molecule has 6 nitrogen and oxygen atoms in total. The van der Waals surface area contributed by atoms with Crippen LogP contribution >= 0.6 is 0 Å². The second-order valence-electron chi connectivity index (χ2n) is 18.2. The molecule has 0 aliphatic rings. The summed E-state index contributed by atoms with van der Waals surface area (Å²) in [7, 11) is 0. The molecular formula is C54H102O6. The average molecular weight is 847 g/mol. The zero-order chi connectivity index (χ0) is 43.7. The van der Waals surface area contributed by atoms with Crippen LogP contribution in [0.5, 0.6) is 0 Å². The Hall–Kier alpha value is -1.85. The number of carbonyl (C=O) groups excluding carboxylic acids is 3. The predicted molar refractivity (Wildman–Crippen MR) is 256 cm³/mol.